The van der Waals surface area contributed by atoms with Crippen LogP contribution in [0, 0.1) is 11.3 Å². The highest BCUT2D eigenvalue weighted by molar-refractivity contribution is 6.33. The number of hydrogen-bond donors (Lipinski definition) is 0. The van der Waals surface area contributed by atoms with Gasteiger partial charge in [-0.15, -0.1) is 0 Å². The molecule has 1 saturated carbocycles. The van der Waals surface area contributed by atoms with E-state index in [1.54, 1.807) is 6.08 Å². The number of nitrogens with zero attached hydrogens (tertiary/aromatic N) is 1. The monoisotopic (exact) mass is 275 g/mol. The minimum absolute atomic E-state index is 0.381. The van der Waals surface area contributed by atoms with Crippen LogP contribution in [-0.2, 0) is 5.41 Å². The van der Waals surface area contributed by atoms with Crippen LogP contribution in [0.1, 0.15) is 57.1 Å². The lowest BCUT2D eigenvalue weighted by Gasteiger charge is -2.32. The maximum atomic E-state index is 9.55. The van der Waals surface area contributed by atoms with Crippen LogP contribution in [0.25, 0.3) is 6.08 Å². The molecule has 0 heterocycles. The van der Waals surface area contributed by atoms with E-state index in [0.29, 0.717) is 5.02 Å². The Morgan fingerprint density at radius 1 is 1.26 bits per heavy atom. The van der Waals surface area contributed by atoms with Crippen molar-refractivity contribution in [3.63, 3.8) is 0 Å². The average molecular weight is 276 g/mol. The van der Waals surface area contributed by atoms with E-state index in [9.17, 15) is 5.26 Å². The van der Waals surface area contributed by atoms with E-state index in [1.165, 1.54) is 6.42 Å². The Labute approximate surface area is 121 Å². The topological polar surface area (TPSA) is 23.8 Å². The third kappa shape index (κ3) is 3.19. The molecule has 0 amide bonds. The molecule has 0 atom stereocenters. The van der Waals surface area contributed by atoms with E-state index in [4.69, 9.17) is 11.6 Å². The van der Waals surface area contributed by atoms with E-state index in [0.717, 1.165) is 36.8 Å². The number of benzene rings is 1. The van der Waals surface area contributed by atoms with E-state index < -0.39 is 0 Å². The molecule has 0 N–H and O–H groups in total. The standard InChI is InChI=1S/C15H16ClN.C2H6/c1-2-12-7-6-8-13(14(12)16)15(11-17)9-4-3-5-10-15;1-2/h2,6-8H,1,3-5,9-10H2;1-2H3. The quantitative estimate of drug-likeness (QED) is 0.676. The van der Waals surface area contributed by atoms with Crippen LogP contribution in [-0.4, -0.2) is 0 Å². The lowest BCUT2D eigenvalue weighted by molar-refractivity contribution is 0.366. The molecule has 0 spiro atoms. The lowest BCUT2D eigenvalue weighted by atomic mass is 9.70. The Bertz CT molecular complexity index is 465. The van der Waals surface area contributed by atoms with Gasteiger partial charge in [-0.1, -0.05) is 75.6 Å². The van der Waals surface area contributed by atoms with Gasteiger partial charge in [-0.2, -0.15) is 5.26 Å². The van der Waals surface area contributed by atoms with Crippen LogP contribution in [0.15, 0.2) is 24.8 Å². The van der Waals surface area contributed by atoms with Crippen molar-refractivity contribution in [1.82, 2.24) is 0 Å². The molecule has 0 bridgehead atoms. The van der Waals surface area contributed by atoms with Crippen molar-refractivity contribution in [2.24, 2.45) is 0 Å². The van der Waals surface area contributed by atoms with Crippen molar-refractivity contribution in [1.29, 1.82) is 5.26 Å². The zero-order valence-electron chi connectivity index (χ0n) is 11.9. The Morgan fingerprint density at radius 2 is 1.89 bits per heavy atom. The van der Waals surface area contributed by atoms with Crippen molar-refractivity contribution in [2.45, 2.75) is 51.4 Å². The number of rotatable bonds is 2. The Kier molecular flexibility index (Phi) is 6.12. The van der Waals surface area contributed by atoms with E-state index in [1.807, 2.05) is 32.0 Å². The van der Waals surface area contributed by atoms with Gasteiger partial charge < -0.3 is 0 Å². The van der Waals surface area contributed by atoms with Gasteiger partial charge in [0.2, 0.25) is 0 Å². The maximum Gasteiger partial charge on any atom is 0.0836 e. The minimum Gasteiger partial charge on any atom is -0.197 e. The van der Waals surface area contributed by atoms with Gasteiger partial charge in [-0.05, 0) is 24.0 Å². The predicted octanol–water partition coefficient (Wildman–Crippen LogP) is 5.73. The van der Waals surface area contributed by atoms with Crippen LogP contribution in [0.3, 0.4) is 0 Å². The molecule has 0 unspecified atom stereocenters. The first-order valence-electron chi connectivity index (χ1n) is 7.06. The molecule has 0 radical (unpaired) electrons. The molecule has 0 aliphatic heterocycles. The van der Waals surface area contributed by atoms with Gasteiger partial charge in [0.25, 0.3) is 0 Å². The summed E-state index contributed by atoms with van der Waals surface area (Å²) >= 11 is 6.39. The SMILES string of the molecule is C=Cc1cccc(C2(C#N)CCCCC2)c1Cl.CC. The Balaban J connectivity index is 0.000000861. The number of halogens is 1. The van der Waals surface area contributed by atoms with Gasteiger partial charge in [-0.3, -0.25) is 0 Å². The van der Waals surface area contributed by atoms with Crippen LogP contribution in [0.5, 0.6) is 0 Å². The van der Waals surface area contributed by atoms with E-state index in [-0.39, 0.29) is 5.41 Å². The van der Waals surface area contributed by atoms with Crippen molar-refractivity contribution in [3.05, 3.63) is 40.9 Å². The Hall–Kier alpha value is -1.26. The summed E-state index contributed by atoms with van der Waals surface area (Å²) in [5.41, 5.74) is 1.53. The molecule has 1 aromatic carbocycles. The average Bonchev–Trinajstić information content (AvgIpc) is 2.50. The summed E-state index contributed by atoms with van der Waals surface area (Å²) < 4.78 is 0. The lowest BCUT2D eigenvalue weighted by Crippen LogP contribution is -2.27. The molecule has 1 aliphatic rings. The van der Waals surface area contributed by atoms with Gasteiger partial charge >= 0.3 is 0 Å². The molecule has 0 aromatic heterocycles. The highest BCUT2D eigenvalue weighted by atomic mass is 35.5. The fourth-order valence-electron chi connectivity index (χ4n) is 2.67. The van der Waals surface area contributed by atoms with Gasteiger partial charge in [0.1, 0.15) is 0 Å². The van der Waals surface area contributed by atoms with Crippen LogP contribution in [0.2, 0.25) is 5.02 Å². The summed E-state index contributed by atoms with van der Waals surface area (Å²) in [6.07, 6.45) is 7.04. The molecule has 0 saturated heterocycles. The van der Waals surface area contributed by atoms with Gasteiger partial charge in [0.15, 0.2) is 0 Å². The summed E-state index contributed by atoms with van der Waals surface area (Å²) in [4.78, 5) is 0. The van der Waals surface area contributed by atoms with Crippen molar-refractivity contribution in [2.75, 3.05) is 0 Å². The fraction of sp³-hybridized carbons (Fsp3) is 0.471. The fourth-order valence-corrected chi connectivity index (χ4v) is 3.06. The van der Waals surface area contributed by atoms with Crippen LogP contribution < -0.4 is 0 Å². The first kappa shape index (κ1) is 15.8. The number of nitriles is 1. The van der Waals surface area contributed by atoms with Gasteiger partial charge in [0, 0.05) is 0 Å². The normalized spacial score (nSPS) is 16.7. The summed E-state index contributed by atoms with van der Waals surface area (Å²) in [5, 5.41) is 10.2. The number of hydrogen-bond acceptors (Lipinski definition) is 1. The van der Waals surface area contributed by atoms with Gasteiger partial charge in [0.05, 0.1) is 16.5 Å². The maximum absolute atomic E-state index is 9.55. The second-order valence-corrected chi connectivity index (χ2v) is 5.05. The zero-order chi connectivity index (χ0) is 14.3. The van der Waals surface area contributed by atoms with Crippen molar-refractivity contribution < 1.29 is 0 Å². The van der Waals surface area contributed by atoms with E-state index >= 15 is 0 Å². The molecular formula is C17H22ClN. The first-order chi connectivity index (χ1) is 9.23. The third-order valence-electron chi connectivity index (χ3n) is 3.69. The van der Waals surface area contributed by atoms with Crippen LogP contribution in [0.4, 0.5) is 0 Å². The predicted molar refractivity (Wildman–Crippen MR) is 83.3 cm³/mol. The summed E-state index contributed by atoms with van der Waals surface area (Å²) in [6, 6.07) is 8.40. The Morgan fingerprint density at radius 3 is 2.42 bits per heavy atom. The van der Waals surface area contributed by atoms with Crippen LogP contribution >= 0.6 is 11.6 Å². The molecule has 1 aliphatic carbocycles. The van der Waals surface area contributed by atoms with E-state index in [2.05, 4.69) is 12.6 Å². The molecule has 2 rings (SSSR count). The summed E-state index contributed by atoms with van der Waals surface area (Å²) in [5.74, 6) is 0. The first-order valence-corrected chi connectivity index (χ1v) is 7.44. The summed E-state index contributed by atoms with van der Waals surface area (Å²) in [6.45, 7) is 7.76. The molecule has 2 heteroatoms. The minimum atomic E-state index is -0.381. The smallest absolute Gasteiger partial charge is 0.0836 e. The second-order valence-electron chi connectivity index (χ2n) is 4.67. The largest absolute Gasteiger partial charge is 0.197 e. The molecule has 1 fully saturated rings. The molecule has 1 nitrogen and oxygen atoms in total. The van der Waals surface area contributed by atoms with Crippen molar-refractivity contribution in [3.8, 4) is 6.07 Å². The molecule has 1 aromatic rings. The zero-order valence-corrected chi connectivity index (χ0v) is 12.6. The highest BCUT2D eigenvalue weighted by Gasteiger charge is 2.35. The van der Waals surface area contributed by atoms with Gasteiger partial charge in [-0.25, -0.2) is 0 Å². The molecule has 102 valence electrons. The molecular weight excluding hydrogens is 254 g/mol. The van der Waals surface area contributed by atoms with Crippen molar-refractivity contribution >= 4 is 17.7 Å². The molecule has 19 heavy (non-hydrogen) atoms. The highest BCUT2D eigenvalue weighted by Crippen LogP contribution is 2.42. The second kappa shape index (κ2) is 7.36. The third-order valence-corrected chi connectivity index (χ3v) is 4.11. The summed E-state index contributed by atoms with van der Waals surface area (Å²) in [7, 11) is 0.